The highest BCUT2D eigenvalue weighted by Crippen LogP contribution is 1.93. The molecule has 0 radical (unpaired) electrons. The normalized spacial score (nSPS) is 9.56. The van der Waals surface area contributed by atoms with E-state index in [9.17, 15) is 9.59 Å². The van der Waals surface area contributed by atoms with Gasteiger partial charge >= 0.3 is 5.97 Å². The Bertz CT molecular complexity index is 352. The number of hydrogen-bond acceptors (Lipinski definition) is 4. The van der Waals surface area contributed by atoms with Crippen LogP contribution >= 0.6 is 0 Å². The second-order valence-electron chi connectivity index (χ2n) is 3.03. The number of pyridine rings is 1. The molecule has 0 saturated heterocycles. The quantitative estimate of drug-likeness (QED) is 0.747. The third-order valence-electron chi connectivity index (χ3n) is 1.82. The smallest absolute Gasteiger partial charge is 0.307 e. The first kappa shape index (κ1) is 12.2. The Kier molecular flexibility index (Phi) is 4.98. The number of rotatable bonds is 5. The molecule has 0 aliphatic heterocycles. The molecule has 1 N–H and O–H groups in total. The fourth-order valence-corrected chi connectivity index (χ4v) is 1.10. The van der Waals surface area contributed by atoms with Gasteiger partial charge in [-0.3, -0.25) is 14.6 Å². The first-order valence-electron chi connectivity index (χ1n) is 5.09. The molecule has 5 nitrogen and oxygen atoms in total. The first-order valence-corrected chi connectivity index (χ1v) is 5.09. The molecule has 5 heteroatoms. The largest absolute Gasteiger partial charge is 0.466 e. The van der Waals surface area contributed by atoms with Crippen molar-refractivity contribution in [1.29, 1.82) is 0 Å². The van der Waals surface area contributed by atoms with E-state index < -0.39 is 0 Å². The zero-order chi connectivity index (χ0) is 11.8. The molecule has 1 aromatic heterocycles. The van der Waals surface area contributed by atoms with Gasteiger partial charge in [0.15, 0.2) is 0 Å². The molecular formula is C11H14N2O3. The summed E-state index contributed by atoms with van der Waals surface area (Å²) in [6.07, 6.45) is 1.71. The summed E-state index contributed by atoms with van der Waals surface area (Å²) in [6, 6.07) is 5.07. The molecule has 16 heavy (non-hydrogen) atoms. The van der Waals surface area contributed by atoms with Crippen molar-refractivity contribution < 1.29 is 14.3 Å². The predicted molar refractivity (Wildman–Crippen MR) is 57.8 cm³/mol. The van der Waals surface area contributed by atoms with Crippen LogP contribution < -0.4 is 5.32 Å². The van der Waals surface area contributed by atoms with Gasteiger partial charge in [-0.05, 0) is 19.1 Å². The van der Waals surface area contributed by atoms with E-state index in [0.717, 1.165) is 0 Å². The fraction of sp³-hybridized carbons (Fsp3) is 0.364. The summed E-state index contributed by atoms with van der Waals surface area (Å²) in [7, 11) is 0. The van der Waals surface area contributed by atoms with Crippen LogP contribution in [0.5, 0.6) is 0 Å². The Morgan fingerprint density at radius 2 is 2.25 bits per heavy atom. The van der Waals surface area contributed by atoms with Gasteiger partial charge in [-0.1, -0.05) is 6.07 Å². The SMILES string of the molecule is CCOC(=O)CCNC(=O)c1ccccn1. The van der Waals surface area contributed by atoms with Gasteiger partial charge in [0.05, 0.1) is 13.0 Å². The summed E-state index contributed by atoms with van der Waals surface area (Å²) in [5.41, 5.74) is 0.339. The Hall–Kier alpha value is -1.91. The fourth-order valence-electron chi connectivity index (χ4n) is 1.10. The lowest BCUT2D eigenvalue weighted by atomic mass is 10.3. The van der Waals surface area contributed by atoms with Gasteiger partial charge in [0.25, 0.3) is 5.91 Å². The van der Waals surface area contributed by atoms with Crippen molar-refractivity contribution in [2.24, 2.45) is 0 Å². The molecule has 0 fully saturated rings. The molecule has 0 saturated carbocycles. The zero-order valence-electron chi connectivity index (χ0n) is 9.10. The molecule has 1 amide bonds. The van der Waals surface area contributed by atoms with Crippen molar-refractivity contribution >= 4 is 11.9 Å². The van der Waals surface area contributed by atoms with Crippen LogP contribution in [0.25, 0.3) is 0 Å². The number of nitrogens with one attached hydrogen (secondary N) is 1. The molecule has 0 unspecified atom stereocenters. The summed E-state index contributed by atoms with van der Waals surface area (Å²) >= 11 is 0. The van der Waals surface area contributed by atoms with Crippen molar-refractivity contribution in [3.63, 3.8) is 0 Å². The number of carbonyl (C=O) groups excluding carboxylic acids is 2. The lowest BCUT2D eigenvalue weighted by molar-refractivity contribution is -0.142. The number of esters is 1. The summed E-state index contributed by atoms with van der Waals surface area (Å²) in [5, 5.41) is 2.59. The number of ether oxygens (including phenoxy) is 1. The maximum atomic E-state index is 11.5. The second-order valence-corrected chi connectivity index (χ2v) is 3.03. The molecule has 0 atom stereocenters. The minimum atomic E-state index is -0.316. The van der Waals surface area contributed by atoms with E-state index in [4.69, 9.17) is 4.74 Å². The Morgan fingerprint density at radius 3 is 2.88 bits per heavy atom. The van der Waals surface area contributed by atoms with Crippen molar-refractivity contribution in [2.75, 3.05) is 13.2 Å². The Morgan fingerprint density at radius 1 is 1.44 bits per heavy atom. The molecule has 0 spiro atoms. The third kappa shape index (κ3) is 4.08. The molecule has 86 valence electrons. The minimum Gasteiger partial charge on any atom is -0.466 e. The topological polar surface area (TPSA) is 68.3 Å². The highest BCUT2D eigenvalue weighted by molar-refractivity contribution is 5.92. The van der Waals surface area contributed by atoms with E-state index in [0.29, 0.717) is 12.3 Å². The van der Waals surface area contributed by atoms with E-state index in [1.54, 1.807) is 31.3 Å². The van der Waals surface area contributed by atoms with E-state index in [2.05, 4.69) is 10.3 Å². The van der Waals surface area contributed by atoms with Crippen molar-refractivity contribution in [3.8, 4) is 0 Å². The number of hydrogen-bond donors (Lipinski definition) is 1. The lowest BCUT2D eigenvalue weighted by Gasteiger charge is -2.04. The molecule has 0 aliphatic carbocycles. The second kappa shape index (κ2) is 6.55. The van der Waals surface area contributed by atoms with Gasteiger partial charge in [0.1, 0.15) is 5.69 Å². The van der Waals surface area contributed by atoms with Crippen LogP contribution in [-0.4, -0.2) is 30.0 Å². The highest BCUT2D eigenvalue weighted by atomic mass is 16.5. The molecule has 1 rings (SSSR count). The minimum absolute atomic E-state index is 0.173. The maximum Gasteiger partial charge on any atom is 0.307 e. The zero-order valence-corrected chi connectivity index (χ0v) is 9.10. The number of nitrogens with zero attached hydrogens (tertiary/aromatic N) is 1. The molecule has 0 bridgehead atoms. The molecule has 1 aromatic rings. The summed E-state index contributed by atoms with van der Waals surface area (Å²) in [5.74, 6) is -0.603. The van der Waals surface area contributed by atoms with Crippen molar-refractivity contribution in [3.05, 3.63) is 30.1 Å². The summed E-state index contributed by atoms with van der Waals surface area (Å²) < 4.78 is 4.72. The molecular weight excluding hydrogens is 208 g/mol. The standard InChI is InChI=1S/C11H14N2O3/c1-2-16-10(14)6-8-13-11(15)9-5-3-4-7-12-9/h3-5,7H,2,6,8H2,1H3,(H,13,15). The van der Waals surface area contributed by atoms with Crippen LogP contribution in [0, 0.1) is 0 Å². The number of aromatic nitrogens is 1. The third-order valence-corrected chi connectivity index (χ3v) is 1.82. The summed E-state index contributed by atoms with van der Waals surface area (Å²) in [6.45, 7) is 2.35. The molecule has 0 aromatic carbocycles. The van der Waals surface area contributed by atoms with E-state index in [-0.39, 0.29) is 24.8 Å². The van der Waals surface area contributed by atoms with E-state index in [1.807, 2.05) is 0 Å². The Labute approximate surface area is 93.8 Å². The van der Waals surface area contributed by atoms with Crippen molar-refractivity contribution in [1.82, 2.24) is 10.3 Å². The van der Waals surface area contributed by atoms with Gasteiger partial charge in [0, 0.05) is 12.7 Å². The van der Waals surface area contributed by atoms with Gasteiger partial charge in [-0.25, -0.2) is 0 Å². The average molecular weight is 222 g/mol. The van der Waals surface area contributed by atoms with Crippen LogP contribution in [0.3, 0.4) is 0 Å². The van der Waals surface area contributed by atoms with Crippen LogP contribution in [-0.2, 0) is 9.53 Å². The van der Waals surface area contributed by atoms with Gasteiger partial charge in [-0.2, -0.15) is 0 Å². The maximum absolute atomic E-state index is 11.5. The molecule has 0 aliphatic rings. The van der Waals surface area contributed by atoms with Crippen LogP contribution in [0.4, 0.5) is 0 Å². The monoisotopic (exact) mass is 222 g/mol. The van der Waals surface area contributed by atoms with E-state index >= 15 is 0 Å². The number of amides is 1. The van der Waals surface area contributed by atoms with E-state index in [1.165, 1.54) is 0 Å². The first-order chi connectivity index (χ1) is 7.74. The van der Waals surface area contributed by atoms with Gasteiger partial charge in [0.2, 0.25) is 0 Å². The van der Waals surface area contributed by atoms with Crippen LogP contribution in [0.2, 0.25) is 0 Å². The van der Waals surface area contributed by atoms with Crippen LogP contribution in [0.15, 0.2) is 24.4 Å². The summed E-state index contributed by atoms with van der Waals surface area (Å²) in [4.78, 5) is 26.3. The Balaban J connectivity index is 2.29. The van der Waals surface area contributed by atoms with Crippen LogP contribution in [0.1, 0.15) is 23.8 Å². The van der Waals surface area contributed by atoms with Gasteiger partial charge < -0.3 is 10.1 Å². The predicted octanol–water partition coefficient (Wildman–Crippen LogP) is 0.765. The lowest BCUT2D eigenvalue weighted by Crippen LogP contribution is -2.27. The number of carbonyl (C=O) groups is 2. The highest BCUT2D eigenvalue weighted by Gasteiger charge is 2.06. The average Bonchev–Trinajstić information content (AvgIpc) is 2.30. The molecule has 1 heterocycles. The van der Waals surface area contributed by atoms with Crippen molar-refractivity contribution in [2.45, 2.75) is 13.3 Å². The van der Waals surface area contributed by atoms with Gasteiger partial charge in [-0.15, -0.1) is 0 Å².